The summed E-state index contributed by atoms with van der Waals surface area (Å²) in [6.45, 7) is 9.10. The summed E-state index contributed by atoms with van der Waals surface area (Å²) >= 11 is 0. The third kappa shape index (κ3) is 4.86. The van der Waals surface area contributed by atoms with E-state index in [1.165, 1.54) is 0 Å². The Morgan fingerprint density at radius 2 is 2.13 bits per heavy atom. The number of phenols is 1. The number of benzene rings is 1. The van der Waals surface area contributed by atoms with E-state index in [4.69, 9.17) is 4.74 Å². The van der Waals surface area contributed by atoms with E-state index in [2.05, 4.69) is 5.32 Å². The van der Waals surface area contributed by atoms with Crippen LogP contribution in [0.1, 0.15) is 52.1 Å². The molecule has 0 spiro atoms. The molecule has 0 aromatic heterocycles. The van der Waals surface area contributed by atoms with Gasteiger partial charge in [0.1, 0.15) is 11.4 Å². The van der Waals surface area contributed by atoms with Crippen molar-refractivity contribution in [1.29, 1.82) is 0 Å². The summed E-state index contributed by atoms with van der Waals surface area (Å²) in [5.74, 6) is 0.294. The fourth-order valence-electron chi connectivity index (χ4n) is 2.89. The number of para-hydroxylation sites is 1. The molecule has 0 saturated carbocycles. The number of carbonyl (C=O) groups excluding carboxylic acids is 1. The summed E-state index contributed by atoms with van der Waals surface area (Å²) in [5, 5.41) is 13.3. The summed E-state index contributed by atoms with van der Waals surface area (Å²) in [4.78, 5) is 14.1. The van der Waals surface area contributed by atoms with Crippen LogP contribution in [-0.4, -0.2) is 40.8 Å². The molecule has 2 unspecified atom stereocenters. The summed E-state index contributed by atoms with van der Waals surface area (Å²) in [7, 11) is 0. The lowest BCUT2D eigenvalue weighted by molar-refractivity contribution is 0.0225. The second kappa shape index (κ2) is 7.21. The van der Waals surface area contributed by atoms with Crippen molar-refractivity contribution in [3.05, 3.63) is 29.8 Å². The fourth-order valence-corrected chi connectivity index (χ4v) is 2.89. The minimum atomic E-state index is -0.471. The first-order chi connectivity index (χ1) is 10.8. The number of ether oxygens (including phenoxy) is 1. The lowest BCUT2D eigenvalue weighted by atomic mass is 10.1. The number of hydrogen-bond donors (Lipinski definition) is 2. The van der Waals surface area contributed by atoms with E-state index in [1.54, 1.807) is 6.07 Å². The predicted octanol–water partition coefficient (Wildman–Crippen LogP) is 3.44. The summed E-state index contributed by atoms with van der Waals surface area (Å²) in [6, 6.07) is 7.49. The first-order valence-corrected chi connectivity index (χ1v) is 8.29. The highest BCUT2D eigenvalue weighted by Crippen LogP contribution is 2.25. The molecular formula is C18H28N2O3. The highest BCUT2D eigenvalue weighted by Gasteiger charge is 2.32. The Morgan fingerprint density at radius 3 is 2.78 bits per heavy atom. The highest BCUT2D eigenvalue weighted by atomic mass is 16.6. The van der Waals surface area contributed by atoms with Crippen LogP contribution >= 0.6 is 0 Å². The van der Waals surface area contributed by atoms with E-state index in [-0.39, 0.29) is 18.2 Å². The van der Waals surface area contributed by atoms with Crippen molar-refractivity contribution in [3.8, 4) is 5.75 Å². The minimum absolute atomic E-state index is 0.0253. The smallest absolute Gasteiger partial charge is 0.410 e. The Morgan fingerprint density at radius 1 is 1.43 bits per heavy atom. The quantitative estimate of drug-likeness (QED) is 0.892. The molecule has 128 valence electrons. The van der Waals surface area contributed by atoms with E-state index in [1.807, 2.05) is 50.8 Å². The fraction of sp³-hybridized carbons (Fsp3) is 0.611. The molecule has 1 aliphatic heterocycles. The van der Waals surface area contributed by atoms with Crippen LogP contribution in [0.5, 0.6) is 5.75 Å². The molecule has 0 bridgehead atoms. The molecule has 2 rings (SSSR count). The zero-order chi connectivity index (χ0) is 17.0. The predicted molar refractivity (Wildman–Crippen MR) is 90.5 cm³/mol. The highest BCUT2D eigenvalue weighted by molar-refractivity contribution is 5.69. The molecule has 1 aliphatic rings. The van der Waals surface area contributed by atoms with Gasteiger partial charge in [-0.3, -0.25) is 0 Å². The standard InChI is InChI=1S/C18H28N2O3/c1-13(15-9-5-6-10-16(15)21)19-12-14-8-7-11-20(14)17(22)23-18(2,3)4/h5-6,9-10,13-14,19,21H,7-8,11-12H2,1-4H3. The number of carbonyl (C=O) groups is 1. The molecule has 1 fully saturated rings. The number of hydrogen-bond acceptors (Lipinski definition) is 4. The van der Waals surface area contributed by atoms with Gasteiger partial charge in [0.25, 0.3) is 0 Å². The first-order valence-electron chi connectivity index (χ1n) is 8.29. The van der Waals surface area contributed by atoms with Crippen molar-refractivity contribution >= 4 is 6.09 Å². The molecule has 5 heteroatoms. The van der Waals surface area contributed by atoms with Gasteiger partial charge in [-0.1, -0.05) is 18.2 Å². The average molecular weight is 320 g/mol. The zero-order valence-corrected chi connectivity index (χ0v) is 14.5. The Labute approximate surface area is 138 Å². The van der Waals surface area contributed by atoms with Crippen molar-refractivity contribution in [2.75, 3.05) is 13.1 Å². The number of amides is 1. The number of phenolic OH excluding ortho intramolecular Hbond substituents is 1. The van der Waals surface area contributed by atoms with Gasteiger partial charge in [0.05, 0.1) is 0 Å². The third-order valence-corrected chi connectivity index (χ3v) is 4.07. The normalized spacial score (nSPS) is 19.7. The molecule has 2 N–H and O–H groups in total. The van der Waals surface area contributed by atoms with E-state index in [9.17, 15) is 9.90 Å². The minimum Gasteiger partial charge on any atom is -0.508 e. The van der Waals surface area contributed by atoms with Crippen molar-refractivity contribution in [2.45, 2.75) is 58.2 Å². The summed E-state index contributed by atoms with van der Waals surface area (Å²) in [6.07, 6.45) is 1.73. The van der Waals surface area contributed by atoms with Crippen LogP contribution in [0.2, 0.25) is 0 Å². The molecule has 0 radical (unpaired) electrons. The SMILES string of the molecule is CC(NCC1CCCN1C(=O)OC(C)(C)C)c1ccccc1O. The van der Waals surface area contributed by atoms with Crippen LogP contribution in [0.4, 0.5) is 4.79 Å². The molecule has 1 aromatic rings. The monoisotopic (exact) mass is 320 g/mol. The maximum atomic E-state index is 12.3. The first kappa shape index (κ1) is 17.6. The molecule has 2 atom stereocenters. The summed E-state index contributed by atoms with van der Waals surface area (Å²) in [5.41, 5.74) is 0.398. The van der Waals surface area contributed by atoms with Crippen LogP contribution in [-0.2, 0) is 4.74 Å². The number of nitrogens with zero attached hydrogens (tertiary/aromatic N) is 1. The maximum absolute atomic E-state index is 12.3. The number of rotatable bonds is 4. The molecule has 23 heavy (non-hydrogen) atoms. The van der Waals surface area contributed by atoms with E-state index in [0.717, 1.165) is 24.9 Å². The lowest BCUT2D eigenvalue weighted by Crippen LogP contribution is -2.44. The van der Waals surface area contributed by atoms with Gasteiger partial charge in [0.15, 0.2) is 0 Å². The molecule has 0 aliphatic carbocycles. The second-order valence-corrected chi connectivity index (χ2v) is 7.16. The molecule has 1 aromatic carbocycles. The van der Waals surface area contributed by atoms with Crippen LogP contribution < -0.4 is 5.32 Å². The van der Waals surface area contributed by atoms with Gasteiger partial charge in [0.2, 0.25) is 0 Å². The van der Waals surface area contributed by atoms with E-state index < -0.39 is 5.60 Å². The Balaban J connectivity index is 1.92. The Bertz CT molecular complexity index is 539. The van der Waals surface area contributed by atoms with Gasteiger partial charge >= 0.3 is 6.09 Å². The van der Waals surface area contributed by atoms with Crippen molar-refractivity contribution in [2.24, 2.45) is 0 Å². The van der Waals surface area contributed by atoms with Crippen LogP contribution in [0.25, 0.3) is 0 Å². The molecule has 1 heterocycles. The number of likely N-dealkylation sites (tertiary alicyclic amines) is 1. The number of nitrogens with one attached hydrogen (secondary N) is 1. The molecule has 1 amide bonds. The Kier molecular flexibility index (Phi) is 5.52. The van der Waals surface area contributed by atoms with Gasteiger partial charge in [-0.05, 0) is 46.6 Å². The van der Waals surface area contributed by atoms with Gasteiger partial charge in [-0.15, -0.1) is 0 Å². The van der Waals surface area contributed by atoms with Gasteiger partial charge in [0, 0.05) is 30.7 Å². The van der Waals surface area contributed by atoms with Crippen LogP contribution in [0.15, 0.2) is 24.3 Å². The van der Waals surface area contributed by atoms with E-state index >= 15 is 0 Å². The van der Waals surface area contributed by atoms with Crippen molar-refractivity contribution in [3.63, 3.8) is 0 Å². The lowest BCUT2D eigenvalue weighted by Gasteiger charge is -2.29. The van der Waals surface area contributed by atoms with Crippen LogP contribution in [0, 0.1) is 0 Å². The van der Waals surface area contributed by atoms with Gasteiger partial charge in [-0.2, -0.15) is 0 Å². The number of aromatic hydroxyl groups is 1. The summed E-state index contributed by atoms with van der Waals surface area (Å²) < 4.78 is 5.48. The van der Waals surface area contributed by atoms with Gasteiger partial charge in [-0.25, -0.2) is 4.79 Å². The zero-order valence-electron chi connectivity index (χ0n) is 14.5. The van der Waals surface area contributed by atoms with Crippen LogP contribution in [0.3, 0.4) is 0 Å². The average Bonchev–Trinajstić information content (AvgIpc) is 2.92. The second-order valence-electron chi connectivity index (χ2n) is 7.16. The topological polar surface area (TPSA) is 61.8 Å². The van der Waals surface area contributed by atoms with Crippen molar-refractivity contribution in [1.82, 2.24) is 10.2 Å². The molecule has 5 nitrogen and oxygen atoms in total. The van der Waals surface area contributed by atoms with E-state index in [0.29, 0.717) is 12.3 Å². The maximum Gasteiger partial charge on any atom is 0.410 e. The van der Waals surface area contributed by atoms with Gasteiger partial charge < -0.3 is 20.1 Å². The Hall–Kier alpha value is -1.75. The third-order valence-electron chi connectivity index (χ3n) is 4.07. The largest absolute Gasteiger partial charge is 0.508 e. The molecular weight excluding hydrogens is 292 g/mol. The molecule has 1 saturated heterocycles. The van der Waals surface area contributed by atoms with Crippen molar-refractivity contribution < 1.29 is 14.6 Å².